The third-order valence-corrected chi connectivity index (χ3v) is 3.51. The van der Waals surface area contributed by atoms with E-state index < -0.39 is 0 Å². The van der Waals surface area contributed by atoms with Crippen molar-refractivity contribution < 1.29 is 9.59 Å². The van der Waals surface area contributed by atoms with Crippen LogP contribution in [0.25, 0.3) is 11.0 Å². The van der Waals surface area contributed by atoms with Gasteiger partial charge in [-0.3, -0.25) is 9.59 Å². The van der Waals surface area contributed by atoms with Crippen molar-refractivity contribution in [2.45, 2.75) is 0 Å². The number of carbonyl (C=O) groups is 2. The Morgan fingerprint density at radius 2 is 1.82 bits per heavy atom. The first-order valence-electron chi connectivity index (χ1n) is 6.63. The van der Waals surface area contributed by atoms with Crippen LogP contribution in [0.15, 0.2) is 48.8 Å². The van der Waals surface area contributed by atoms with Gasteiger partial charge in [0.15, 0.2) is 5.78 Å². The lowest BCUT2D eigenvalue weighted by Gasteiger charge is -2.05. The van der Waals surface area contributed by atoms with Gasteiger partial charge in [-0.1, -0.05) is 11.6 Å². The van der Waals surface area contributed by atoms with Crippen molar-refractivity contribution in [1.29, 1.82) is 0 Å². The Morgan fingerprint density at radius 1 is 1.09 bits per heavy atom. The van der Waals surface area contributed by atoms with Gasteiger partial charge in [0.25, 0.3) is 5.91 Å². The maximum Gasteiger partial charge on any atom is 0.251 e. The molecule has 0 aliphatic heterocycles. The average molecular weight is 314 g/mol. The van der Waals surface area contributed by atoms with E-state index in [4.69, 9.17) is 11.6 Å². The molecule has 110 valence electrons. The second kappa shape index (κ2) is 5.99. The monoisotopic (exact) mass is 313 g/mol. The zero-order valence-corrected chi connectivity index (χ0v) is 12.2. The number of carbonyl (C=O) groups excluding carboxylic acids is 2. The van der Waals surface area contributed by atoms with Crippen molar-refractivity contribution >= 4 is 34.3 Å². The average Bonchev–Trinajstić information content (AvgIpc) is 3.00. The predicted octanol–water partition coefficient (Wildman–Crippen LogP) is 2.83. The molecule has 2 N–H and O–H groups in total. The summed E-state index contributed by atoms with van der Waals surface area (Å²) in [5.74, 6) is -0.480. The number of imidazole rings is 1. The standard InChI is InChI=1S/C16H12ClN3O2/c17-12-4-1-10(2-5-12)15(21)8-18-16(22)11-3-6-13-14(7-11)20-9-19-13/h1-7,9H,8H2,(H,18,22)(H,19,20). The van der Waals surface area contributed by atoms with Crippen LogP contribution in [0.2, 0.25) is 5.02 Å². The number of Topliss-reactive ketones (excluding diaryl/α,β-unsaturated/α-hetero) is 1. The van der Waals surface area contributed by atoms with Crippen LogP contribution < -0.4 is 5.32 Å². The summed E-state index contributed by atoms with van der Waals surface area (Å²) in [6.07, 6.45) is 1.57. The number of nitrogens with zero attached hydrogens (tertiary/aromatic N) is 1. The lowest BCUT2D eigenvalue weighted by atomic mass is 10.1. The molecule has 0 radical (unpaired) electrons. The van der Waals surface area contributed by atoms with Gasteiger partial charge in [0, 0.05) is 16.1 Å². The smallest absolute Gasteiger partial charge is 0.251 e. The first-order chi connectivity index (χ1) is 10.6. The van der Waals surface area contributed by atoms with Crippen LogP contribution in [0, 0.1) is 0 Å². The van der Waals surface area contributed by atoms with Gasteiger partial charge in [-0.2, -0.15) is 0 Å². The molecule has 0 spiro atoms. The normalized spacial score (nSPS) is 10.6. The van der Waals surface area contributed by atoms with E-state index in [1.54, 1.807) is 48.8 Å². The molecule has 0 fully saturated rings. The molecule has 0 aliphatic carbocycles. The number of halogens is 1. The molecule has 0 unspecified atom stereocenters. The van der Waals surface area contributed by atoms with Crippen molar-refractivity contribution in [2.75, 3.05) is 6.54 Å². The molecule has 1 aromatic heterocycles. The third-order valence-electron chi connectivity index (χ3n) is 3.26. The van der Waals surface area contributed by atoms with Gasteiger partial charge in [0.05, 0.1) is 23.9 Å². The highest BCUT2D eigenvalue weighted by Crippen LogP contribution is 2.12. The molecular weight excluding hydrogens is 302 g/mol. The highest BCUT2D eigenvalue weighted by Gasteiger charge is 2.10. The van der Waals surface area contributed by atoms with Crippen molar-refractivity contribution in [3.05, 3.63) is 64.9 Å². The molecule has 1 heterocycles. The minimum atomic E-state index is -0.307. The first kappa shape index (κ1) is 14.3. The zero-order chi connectivity index (χ0) is 15.5. The molecule has 3 aromatic rings. The predicted molar refractivity (Wildman–Crippen MR) is 84.2 cm³/mol. The lowest BCUT2D eigenvalue weighted by molar-refractivity contribution is 0.0904. The van der Waals surface area contributed by atoms with Gasteiger partial charge in [-0.05, 0) is 42.5 Å². The summed E-state index contributed by atoms with van der Waals surface area (Å²) < 4.78 is 0. The molecule has 5 nitrogen and oxygen atoms in total. The summed E-state index contributed by atoms with van der Waals surface area (Å²) in [5, 5.41) is 3.18. The van der Waals surface area contributed by atoms with Crippen LogP contribution in [0.3, 0.4) is 0 Å². The van der Waals surface area contributed by atoms with Crippen LogP contribution in [-0.4, -0.2) is 28.2 Å². The van der Waals surface area contributed by atoms with Gasteiger partial charge in [-0.25, -0.2) is 4.98 Å². The van der Waals surface area contributed by atoms with E-state index in [1.165, 1.54) is 0 Å². The molecule has 0 atom stereocenters. The molecule has 0 aliphatic rings. The summed E-state index contributed by atoms with van der Waals surface area (Å²) in [6.45, 7) is -0.0680. The Hall–Kier alpha value is -2.66. The van der Waals surface area contributed by atoms with Gasteiger partial charge < -0.3 is 10.3 Å². The minimum absolute atomic E-state index is 0.0680. The second-order valence-electron chi connectivity index (χ2n) is 4.75. The quantitative estimate of drug-likeness (QED) is 0.727. The van der Waals surface area contributed by atoms with Crippen LogP contribution in [-0.2, 0) is 0 Å². The molecule has 0 saturated carbocycles. The molecule has 0 bridgehead atoms. The summed E-state index contributed by atoms with van der Waals surface area (Å²) in [7, 11) is 0. The minimum Gasteiger partial charge on any atom is -0.345 e. The molecular formula is C16H12ClN3O2. The largest absolute Gasteiger partial charge is 0.345 e. The van der Waals surface area contributed by atoms with E-state index in [0.717, 1.165) is 11.0 Å². The van der Waals surface area contributed by atoms with E-state index in [9.17, 15) is 9.59 Å². The molecule has 6 heteroatoms. The number of ketones is 1. The number of nitrogens with one attached hydrogen (secondary N) is 2. The molecule has 22 heavy (non-hydrogen) atoms. The van der Waals surface area contributed by atoms with Crippen molar-refractivity contribution in [2.24, 2.45) is 0 Å². The Bertz CT molecular complexity index is 840. The summed E-state index contributed by atoms with van der Waals surface area (Å²) >= 11 is 5.77. The molecule has 1 amide bonds. The third kappa shape index (κ3) is 2.99. The highest BCUT2D eigenvalue weighted by atomic mass is 35.5. The van der Waals surface area contributed by atoms with Gasteiger partial charge in [0.1, 0.15) is 0 Å². The first-order valence-corrected chi connectivity index (χ1v) is 7.01. The Morgan fingerprint density at radius 3 is 2.59 bits per heavy atom. The number of rotatable bonds is 4. The van der Waals surface area contributed by atoms with Crippen molar-refractivity contribution in [3.63, 3.8) is 0 Å². The maximum atomic E-state index is 12.1. The lowest BCUT2D eigenvalue weighted by Crippen LogP contribution is -2.29. The summed E-state index contributed by atoms with van der Waals surface area (Å²) in [4.78, 5) is 31.1. The van der Waals surface area contributed by atoms with E-state index in [-0.39, 0.29) is 18.2 Å². The van der Waals surface area contributed by atoms with Crippen LogP contribution in [0.4, 0.5) is 0 Å². The number of hydrogen-bond acceptors (Lipinski definition) is 3. The van der Waals surface area contributed by atoms with E-state index in [1.807, 2.05) is 0 Å². The zero-order valence-electron chi connectivity index (χ0n) is 11.5. The van der Waals surface area contributed by atoms with Crippen molar-refractivity contribution in [1.82, 2.24) is 15.3 Å². The maximum absolute atomic E-state index is 12.1. The van der Waals surface area contributed by atoms with Crippen LogP contribution >= 0.6 is 11.6 Å². The number of H-pyrrole nitrogens is 1. The highest BCUT2D eigenvalue weighted by molar-refractivity contribution is 6.30. The Balaban J connectivity index is 1.66. The number of hydrogen-bond donors (Lipinski definition) is 2. The van der Waals surface area contributed by atoms with Crippen LogP contribution in [0.1, 0.15) is 20.7 Å². The summed E-state index contributed by atoms with van der Waals surface area (Å²) in [6, 6.07) is 11.7. The van der Waals surface area contributed by atoms with E-state index in [0.29, 0.717) is 16.1 Å². The van der Waals surface area contributed by atoms with E-state index in [2.05, 4.69) is 15.3 Å². The number of fused-ring (bicyclic) bond motifs is 1. The SMILES string of the molecule is O=C(CNC(=O)c1ccc2nc[nH]c2c1)c1ccc(Cl)cc1. The number of aromatic nitrogens is 2. The fourth-order valence-electron chi connectivity index (χ4n) is 2.08. The fraction of sp³-hybridized carbons (Fsp3) is 0.0625. The number of benzene rings is 2. The van der Waals surface area contributed by atoms with Gasteiger partial charge >= 0.3 is 0 Å². The second-order valence-corrected chi connectivity index (χ2v) is 5.18. The van der Waals surface area contributed by atoms with E-state index >= 15 is 0 Å². The van der Waals surface area contributed by atoms with Crippen LogP contribution in [0.5, 0.6) is 0 Å². The molecule has 2 aromatic carbocycles. The Kier molecular flexibility index (Phi) is 3.89. The number of amides is 1. The fourth-order valence-corrected chi connectivity index (χ4v) is 2.20. The van der Waals surface area contributed by atoms with Crippen molar-refractivity contribution in [3.8, 4) is 0 Å². The van der Waals surface area contributed by atoms with Gasteiger partial charge in [-0.15, -0.1) is 0 Å². The Labute approximate surface area is 131 Å². The summed E-state index contributed by atoms with van der Waals surface area (Å²) in [5.41, 5.74) is 2.54. The topological polar surface area (TPSA) is 74.8 Å². The van der Waals surface area contributed by atoms with Gasteiger partial charge in [0.2, 0.25) is 0 Å². The molecule has 3 rings (SSSR count). The number of aromatic amines is 1. The molecule has 0 saturated heterocycles.